The Hall–Kier alpha value is -1.78. The molecule has 5 heteroatoms. The van der Waals surface area contributed by atoms with Crippen molar-refractivity contribution in [2.75, 3.05) is 6.61 Å². The normalized spacial score (nSPS) is 10.5. The van der Waals surface area contributed by atoms with Crippen molar-refractivity contribution in [2.24, 2.45) is 0 Å². The van der Waals surface area contributed by atoms with Gasteiger partial charge in [-0.05, 0) is 6.92 Å². The SMILES string of the molecule is CCOC(=O)n1ncc2c[nH]cc21. The Morgan fingerprint density at radius 2 is 2.54 bits per heavy atom. The number of carbonyl (C=O) groups is 1. The molecule has 2 aromatic heterocycles. The van der Waals surface area contributed by atoms with Crippen molar-refractivity contribution in [3.05, 3.63) is 18.6 Å². The number of hydrogen-bond donors (Lipinski definition) is 1. The van der Waals surface area contributed by atoms with E-state index in [1.54, 1.807) is 25.5 Å². The highest BCUT2D eigenvalue weighted by atomic mass is 16.5. The fourth-order valence-corrected chi connectivity index (χ4v) is 1.17. The summed E-state index contributed by atoms with van der Waals surface area (Å²) in [5.74, 6) is 0. The van der Waals surface area contributed by atoms with Crippen molar-refractivity contribution in [1.29, 1.82) is 0 Å². The summed E-state index contributed by atoms with van der Waals surface area (Å²) in [7, 11) is 0. The van der Waals surface area contributed by atoms with E-state index in [-0.39, 0.29) is 0 Å². The van der Waals surface area contributed by atoms with Gasteiger partial charge in [-0.3, -0.25) is 0 Å². The highest BCUT2D eigenvalue weighted by Crippen LogP contribution is 2.11. The first-order valence-corrected chi connectivity index (χ1v) is 4.00. The molecule has 0 saturated heterocycles. The van der Waals surface area contributed by atoms with Crippen LogP contribution in [-0.4, -0.2) is 27.5 Å². The van der Waals surface area contributed by atoms with Gasteiger partial charge in [0.15, 0.2) is 0 Å². The van der Waals surface area contributed by atoms with E-state index >= 15 is 0 Å². The number of aromatic amines is 1. The van der Waals surface area contributed by atoms with Crippen molar-refractivity contribution in [3.63, 3.8) is 0 Å². The predicted octanol–water partition coefficient (Wildman–Crippen LogP) is 1.37. The first-order chi connectivity index (χ1) is 6.33. The fraction of sp³-hybridized carbons (Fsp3) is 0.250. The largest absolute Gasteiger partial charge is 0.448 e. The van der Waals surface area contributed by atoms with Gasteiger partial charge in [-0.2, -0.15) is 9.78 Å². The lowest BCUT2D eigenvalue weighted by Gasteiger charge is -1.99. The van der Waals surface area contributed by atoms with Crippen molar-refractivity contribution < 1.29 is 9.53 Å². The third-order valence-electron chi connectivity index (χ3n) is 1.74. The lowest BCUT2D eigenvalue weighted by Crippen LogP contribution is -2.14. The topological polar surface area (TPSA) is 59.9 Å². The third kappa shape index (κ3) is 1.18. The molecule has 0 unspecified atom stereocenters. The Kier molecular flexibility index (Phi) is 1.77. The Bertz CT molecular complexity index is 429. The number of aromatic nitrogens is 3. The van der Waals surface area contributed by atoms with Gasteiger partial charge in [-0.15, -0.1) is 0 Å². The monoisotopic (exact) mass is 179 g/mol. The molecule has 0 saturated carbocycles. The van der Waals surface area contributed by atoms with Crippen LogP contribution in [0.2, 0.25) is 0 Å². The molecule has 2 heterocycles. The van der Waals surface area contributed by atoms with Crippen LogP contribution >= 0.6 is 0 Å². The minimum atomic E-state index is -0.447. The van der Waals surface area contributed by atoms with Crippen LogP contribution < -0.4 is 0 Å². The van der Waals surface area contributed by atoms with Gasteiger partial charge in [-0.1, -0.05) is 0 Å². The second-order valence-corrected chi connectivity index (χ2v) is 2.55. The van der Waals surface area contributed by atoms with Gasteiger partial charge in [-0.25, -0.2) is 4.79 Å². The first-order valence-electron chi connectivity index (χ1n) is 4.00. The summed E-state index contributed by atoms with van der Waals surface area (Å²) in [6, 6.07) is 0. The summed E-state index contributed by atoms with van der Waals surface area (Å²) in [6.07, 6.45) is 4.65. The number of hydrogen-bond acceptors (Lipinski definition) is 3. The fourth-order valence-electron chi connectivity index (χ4n) is 1.17. The predicted molar refractivity (Wildman–Crippen MR) is 46.5 cm³/mol. The summed E-state index contributed by atoms with van der Waals surface area (Å²) in [4.78, 5) is 14.2. The summed E-state index contributed by atoms with van der Waals surface area (Å²) >= 11 is 0. The molecule has 0 aliphatic rings. The van der Waals surface area contributed by atoms with Crippen LogP contribution in [-0.2, 0) is 4.74 Å². The molecule has 2 aromatic rings. The summed E-state index contributed by atoms with van der Waals surface area (Å²) in [6.45, 7) is 2.11. The van der Waals surface area contributed by atoms with E-state index < -0.39 is 6.09 Å². The van der Waals surface area contributed by atoms with Crippen LogP contribution in [0.4, 0.5) is 4.79 Å². The van der Waals surface area contributed by atoms with Crippen LogP contribution in [0.5, 0.6) is 0 Å². The molecule has 0 amide bonds. The first kappa shape index (κ1) is 7.85. The van der Waals surface area contributed by atoms with Crippen LogP contribution in [0.15, 0.2) is 18.6 Å². The number of rotatable bonds is 1. The summed E-state index contributed by atoms with van der Waals surface area (Å²) < 4.78 is 6.04. The molecule has 0 aromatic carbocycles. The molecule has 2 rings (SSSR count). The van der Waals surface area contributed by atoms with E-state index in [4.69, 9.17) is 4.74 Å². The molecular weight excluding hydrogens is 170 g/mol. The number of carbonyl (C=O) groups excluding carboxylic acids is 1. The van der Waals surface area contributed by atoms with Crippen LogP contribution in [0, 0.1) is 0 Å². The maximum atomic E-state index is 11.3. The number of nitrogens with zero attached hydrogens (tertiary/aromatic N) is 2. The second-order valence-electron chi connectivity index (χ2n) is 2.55. The minimum Gasteiger partial charge on any atom is -0.448 e. The molecule has 13 heavy (non-hydrogen) atoms. The molecule has 0 aliphatic heterocycles. The maximum absolute atomic E-state index is 11.3. The zero-order valence-corrected chi connectivity index (χ0v) is 7.15. The van der Waals surface area contributed by atoms with E-state index in [1.807, 2.05) is 0 Å². The van der Waals surface area contributed by atoms with Gasteiger partial charge in [0.1, 0.15) is 0 Å². The molecule has 0 bridgehead atoms. The van der Waals surface area contributed by atoms with E-state index in [9.17, 15) is 4.79 Å². The van der Waals surface area contributed by atoms with Crippen molar-refractivity contribution >= 4 is 17.0 Å². The number of ether oxygens (including phenoxy) is 1. The molecule has 0 spiro atoms. The lowest BCUT2D eigenvalue weighted by molar-refractivity contribution is 0.151. The highest BCUT2D eigenvalue weighted by molar-refractivity contribution is 5.87. The molecule has 1 N–H and O–H groups in total. The van der Waals surface area contributed by atoms with Crippen LogP contribution in [0.25, 0.3) is 10.9 Å². The second kappa shape index (κ2) is 2.93. The number of fused-ring (bicyclic) bond motifs is 1. The quantitative estimate of drug-likeness (QED) is 0.719. The van der Waals surface area contributed by atoms with Gasteiger partial charge >= 0.3 is 6.09 Å². The Balaban J connectivity index is 2.42. The zero-order chi connectivity index (χ0) is 9.26. The van der Waals surface area contributed by atoms with Crippen molar-refractivity contribution in [1.82, 2.24) is 14.8 Å². The Morgan fingerprint density at radius 3 is 3.31 bits per heavy atom. The molecular formula is C8H9N3O2. The molecule has 0 radical (unpaired) electrons. The maximum Gasteiger partial charge on any atom is 0.435 e. The van der Waals surface area contributed by atoms with Crippen LogP contribution in [0.3, 0.4) is 0 Å². The third-order valence-corrected chi connectivity index (χ3v) is 1.74. The standard InChI is InChI=1S/C8H9N3O2/c1-2-13-8(12)11-7-5-9-3-6(7)4-10-11/h3-5,9H,2H2,1H3. The van der Waals surface area contributed by atoms with Gasteiger partial charge in [0.05, 0.1) is 18.3 Å². The molecule has 0 fully saturated rings. The van der Waals surface area contributed by atoms with Crippen molar-refractivity contribution in [3.8, 4) is 0 Å². The van der Waals surface area contributed by atoms with Crippen molar-refractivity contribution in [2.45, 2.75) is 6.92 Å². The summed E-state index contributed by atoms with van der Waals surface area (Å²) in [5, 5.41) is 4.79. The molecule has 68 valence electrons. The van der Waals surface area contributed by atoms with E-state index in [1.165, 1.54) is 4.68 Å². The average Bonchev–Trinajstić information content (AvgIpc) is 2.62. The minimum absolute atomic E-state index is 0.352. The Morgan fingerprint density at radius 1 is 1.69 bits per heavy atom. The van der Waals surface area contributed by atoms with Gasteiger partial charge in [0.25, 0.3) is 0 Å². The summed E-state index contributed by atoms with van der Waals surface area (Å²) in [5.41, 5.74) is 0.735. The van der Waals surface area contributed by atoms with Gasteiger partial charge < -0.3 is 9.72 Å². The number of H-pyrrole nitrogens is 1. The lowest BCUT2D eigenvalue weighted by atomic mass is 10.4. The van der Waals surface area contributed by atoms with E-state index in [0.717, 1.165) is 10.9 Å². The zero-order valence-electron chi connectivity index (χ0n) is 7.15. The van der Waals surface area contributed by atoms with Crippen LogP contribution in [0.1, 0.15) is 6.92 Å². The van der Waals surface area contributed by atoms with Gasteiger partial charge in [0.2, 0.25) is 0 Å². The highest BCUT2D eigenvalue weighted by Gasteiger charge is 2.10. The van der Waals surface area contributed by atoms with E-state index in [0.29, 0.717) is 6.61 Å². The number of nitrogens with one attached hydrogen (secondary N) is 1. The smallest absolute Gasteiger partial charge is 0.435 e. The molecule has 5 nitrogen and oxygen atoms in total. The molecule has 0 atom stereocenters. The van der Waals surface area contributed by atoms with E-state index in [2.05, 4.69) is 10.1 Å². The van der Waals surface area contributed by atoms with Gasteiger partial charge in [0, 0.05) is 17.8 Å². The average molecular weight is 179 g/mol. The Labute approximate surface area is 74.3 Å². The molecule has 0 aliphatic carbocycles.